The Morgan fingerprint density at radius 1 is 1.02 bits per heavy atom. The van der Waals surface area contributed by atoms with Crippen molar-refractivity contribution < 1.29 is 38.4 Å². The number of nitrogens with zero attached hydrogens (tertiary/aromatic N) is 2. The second-order valence-corrected chi connectivity index (χ2v) is 12.1. The van der Waals surface area contributed by atoms with Crippen LogP contribution in [-0.4, -0.2) is 47.1 Å². The van der Waals surface area contributed by atoms with Crippen LogP contribution in [0, 0.1) is 6.92 Å². The van der Waals surface area contributed by atoms with E-state index < -0.39 is 23.7 Å². The number of rotatable bonds is 10. The van der Waals surface area contributed by atoms with Gasteiger partial charge >= 0.3 is 11.9 Å². The van der Waals surface area contributed by atoms with Gasteiger partial charge < -0.3 is 24.1 Å². The summed E-state index contributed by atoms with van der Waals surface area (Å²) < 4.78 is 23.1. The fourth-order valence-electron chi connectivity index (χ4n) is 5.76. The van der Waals surface area contributed by atoms with E-state index in [0.717, 1.165) is 22.5 Å². The maximum atomic E-state index is 13.8. The van der Waals surface area contributed by atoms with E-state index in [4.69, 9.17) is 18.9 Å². The number of aliphatic hydroxyl groups excluding tert-OH is 1. The topological polar surface area (TPSA) is 124 Å². The van der Waals surface area contributed by atoms with Crippen LogP contribution >= 0.6 is 11.3 Å². The summed E-state index contributed by atoms with van der Waals surface area (Å²) in [6, 6.07) is 18.9. The predicted octanol–water partition coefficient (Wildman–Crippen LogP) is 6.56. The summed E-state index contributed by atoms with van der Waals surface area (Å²) in [5, 5.41) is 11.9. The molecular formula is C36H34N2O8S. The molecule has 1 aromatic heterocycles. The largest absolute Gasteiger partial charge is 0.507 e. The van der Waals surface area contributed by atoms with E-state index in [1.165, 1.54) is 4.90 Å². The van der Waals surface area contributed by atoms with Crippen LogP contribution in [-0.2, 0) is 27.4 Å². The number of benzene rings is 3. The second kappa shape index (κ2) is 13.3. The average Bonchev–Trinajstić information content (AvgIpc) is 3.72. The molecule has 0 radical (unpaired) electrons. The van der Waals surface area contributed by atoms with Crippen molar-refractivity contribution in [2.45, 2.75) is 52.9 Å². The Kier molecular flexibility index (Phi) is 8.99. The van der Waals surface area contributed by atoms with Crippen molar-refractivity contribution in [2.24, 2.45) is 0 Å². The molecule has 1 N–H and O–H groups in total. The van der Waals surface area contributed by atoms with Crippen LogP contribution < -0.4 is 19.1 Å². The zero-order valence-corrected chi connectivity index (χ0v) is 27.3. The van der Waals surface area contributed by atoms with Gasteiger partial charge in [0, 0.05) is 12.0 Å². The number of aryl methyl sites for hydroxylation is 1. The van der Waals surface area contributed by atoms with Gasteiger partial charge in [-0.15, -0.1) is 0 Å². The molecule has 2 aliphatic rings. The number of esters is 1. The van der Waals surface area contributed by atoms with Crippen LogP contribution in [0.4, 0.5) is 5.13 Å². The number of thiazole rings is 1. The zero-order valence-electron chi connectivity index (χ0n) is 26.4. The van der Waals surface area contributed by atoms with E-state index in [2.05, 4.69) is 4.98 Å². The monoisotopic (exact) mass is 654 g/mol. The molecule has 4 aromatic rings. The van der Waals surface area contributed by atoms with E-state index in [1.807, 2.05) is 44.2 Å². The molecule has 3 heterocycles. The third-order valence-corrected chi connectivity index (χ3v) is 9.02. The van der Waals surface area contributed by atoms with Gasteiger partial charge in [0.1, 0.15) is 29.1 Å². The molecule has 2 aliphatic heterocycles. The van der Waals surface area contributed by atoms with Crippen LogP contribution in [0.5, 0.6) is 17.2 Å². The van der Waals surface area contributed by atoms with Gasteiger partial charge in [-0.1, -0.05) is 47.7 Å². The summed E-state index contributed by atoms with van der Waals surface area (Å²) in [5.41, 5.74) is 2.95. The van der Waals surface area contributed by atoms with E-state index in [0.29, 0.717) is 53.7 Å². The fraction of sp³-hybridized carbons (Fsp3) is 0.278. The molecule has 11 heteroatoms. The van der Waals surface area contributed by atoms with E-state index in [-0.39, 0.29) is 34.1 Å². The van der Waals surface area contributed by atoms with Gasteiger partial charge in [-0.2, -0.15) is 0 Å². The smallest absolute Gasteiger partial charge is 0.350 e. The molecule has 6 rings (SSSR count). The number of carbonyl (C=O) groups is 3. The number of ketones is 1. The lowest BCUT2D eigenvalue weighted by Gasteiger charge is -2.24. The number of ether oxygens (including phenoxy) is 4. The molecule has 0 spiro atoms. The molecule has 2 atom stereocenters. The van der Waals surface area contributed by atoms with Gasteiger partial charge in [-0.05, 0) is 74.7 Å². The van der Waals surface area contributed by atoms with Crippen LogP contribution in [0.25, 0.3) is 5.76 Å². The number of amides is 1. The average molecular weight is 655 g/mol. The standard InChI is InChI=1S/C36H34N2O8S/c1-5-43-28-18-23(12-15-27(28)45-19-22-10-8-7-9-11-22)30-29(31(39)24-13-14-26-25(17-24)16-20(3)46-26)32(40)34(41)38(30)36-37-21(4)33(47-36)35(42)44-6-2/h7-15,17-18,20,30,39H,5-6,16,19H2,1-4H3/b31-29+/t20-,30-/m1/s1. The molecule has 0 aliphatic carbocycles. The summed E-state index contributed by atoms with van der Waals surface area (Å²) in [5.74, 6) is -1.10. The molecule has 0 saturated carbocycles. The zero-order chi connectivity index (χ0) is 33.2. The maximum Gasteiger partial charge on any atom is 0.350 e. The van der Waals surface area contributed by atoms with E-state index in [9.17, 15) is 19.5 Å². The Balaban J connectivity index is 1.47. The number of aromatic nitrogens is 1. The van der Waals surface area contributed by atoms with Crippen LogP contribution in [0.3, 0.4) is 0 Å². The van der Waals surface area contributed by atoms with Gasteiger partial charge in [0.2, 0.25) is 0 Å². The van der Waals surface area contributed by atoms with Crippen molar-refractivity contribution in [1.82, 2.24) is 4.98 Å². The molecular weight excluding hydrogens is 620 g/mol. The van der Waals surface area contributed by atoms with Crippen molar-refractivity contribution in [2.75, 3.05) is 18.1 Å². The maximum absolute atomic E-state index is 13.8. The van der Waals surface area contributed by atoms with Crippen molar-refractivity contribution >= 4 is 39.9 Å². The fourth-order valence-corrected chi connectivity index (χ4v) is 6.75. The second-order valence-electron chi connectivity index (χ2n) is 11.2. The Labute approximate surface area is 276 Å². The van der Waals surface area contributed by atoms with Crippen LogP contribution in [0.15, 0.2) is 72.3 Å². The van der Waals surface area contributed by atoms with Crippen molar-refractivity contribution in [3.8, 4) is 17.2 Å². The van der Waals surface area contributed by atoms with Gasteiger partial charge in [0.25, 0.3) is 5.78 Å². The molecule has 1 amide bonds. The van der Waals surface area contributed by atoms with Gasteiger partial charge in [-0.25, -0.2) is 9.78 Å². The van der Waals surface area contributed by atoms with Crippen molar-refractivity contribution in [3.63, 3.8) is 0 Å². The highest BCUT2D eigenvalue weighted by atomic mass is 32.1. The Hall–Kier alpha value is -5.16. The van der Waals surface area contributed by atoms with Crippen LogP contribution in [0.1, 0.15) is 64.4 Å². The Bertz CT molecular complexity index is 1880. The minimum atomic E-state index is -1.10. The first-order chi connectivity index (χ1) is 22.7. The number of hydrogen-bond acceptors (Lipinski definition) is 10. The molecule has 1 saturated heterocycles. The summed E-state index contributed by atoms with van der Waals surface area (Å²) in [4.78, 5) is 46.3. The summed E-state index contributed by atoms with van der Waals surface area (Å²) in [7, 11) is 0. The minimum Gasteiger partial charge on any atom is -0.507 e. The SMILES string of the molecule is CCOC(=O)c1sc(N2C(=O)C(=O)/C(=C(/O)c3ccc4c(c3)C[C@@H](C)O4)[C@H]2c2ccc(OCc3ccccc3)c(OCC)c2)nc1C. The number of Topliss-reactive ketones (excluding diaryl/α,β-unsaturated/α-hetero) is 1. The summed E-state index contributed by atoms with van der Waals surface area (Å²) in [6.45, 7) is 7.92. The Morgan fingerprint density at radius 2 is 1.81 bits per heavy atom. The van der Waals surface area contributed by atoms with E-state index in [1.54, 1.807) is 50.2 Å². The van der Waals surface area contributed by atoms with Crippen molar-refractivity contribution in [1.29, 1.82) is 0 Å². The lowest BCUT2D eigenvalue weighted by atomic mass is 9.94. The summed E-state index contributed by atoms with van der Waals surface area (Å²) in [6.07, 6.45) is 0.625. The highest BCUT2D eigenvalue weighted by molar-refractivity contribution is 7.17. The number of aliphatic hydroxyl groups is 1. The Morgan fingerprint density at radius 3 is 2.55 bits per heavy atom. The number of anilines is 1. The van der Waals surface area contributed by atoms with Crippen molar-refractivity contribution in [3.05, 3.63) is 105 Å². The number of fused-ring (bicyclic) bond motifs is 1. The first-order valence-electron chi connectivity index (χ1n) is 15.4. The molecule has 3 aromatic carbocycles. The normalized spacial score (nSPS) is 18.2. The molecule has 1 fully saturated rings. The van der Waals surface area contributed by atoms with E-state index >= 15 is 0 Å². The molecule has 0 unspecified atom stereocenters. The highest BCUT2D eigenvalue weighted by Crippen LogP contribution is 2.46. The first-order valence-corrected chi connectivity index (χ1v) is 16.2. The van der Waals surface area contributed by atoms with Gasteiger partial charge in [0.15, 0.2) is 16.6 Å². The third-order valence-electron chi connectivity index (χ3n) is 7.89. The molecule has 242 valence electrons. The molecule has 0 bridgehead atoms. The third kappa shape index (κ3) is 6.18. The number of carbonyl (C=O) groups excluding carboxylic acids is 3. The predicted molar refractivity (Wildman–Crippen MR) is 176 cm³/mol. The minimum absolute atomic E-state index is 0.0191. The summed E-state index contributed by atoms with van der Waals surface area (Å²) >= 11 is 0.949. The number of hydrogen-bond donors (Lipinski definition) is 1. The quantitative estimate of drug-likeness (QED) is 0.0877. The lowest BCUT2D eigenvalue weighted by molar-refractivity contribution is -0.132. The van der Waals surface area contributed by atoms with Gasteiger partial charge in [0.05, 0.1) is 30.5 Å². The first kappa shape index (κ1) is 31.8. The molecule has 47 heavy (non-hydrogen) atoms. The molecule has 10 nitrogen and oxygen atoms in total. The highest BCUT2D eigenvalue weighted by Gasteiger charge is 2.49. The lowest BCUT2D eigenvalue weighted by Crippen LogP contribution is -2.29. The van der Waals surface area contributed by atoms with Gasteiger partial charge in [-0.3, -0.25) is 14.5 Å². The van der Waals surface area contributed by atoms with Crippen LogP contribution in [0.2, 0.25) is 0 Å².